The van der Waals surface area contributed by atoms with Crippen LogP contribution in [0.4, 0.5) is 4.79 Å². The minimum absolute atomic E-state index is 0.270. The molecule has 2 fully saturated rings. The van der Waals surface area contributed by atoms with Crippen LogP contribution in [-0.2, 0) is 14.8 Å². The van der Waals surface area contributed by atoms with Crippen molar-refractivity contribution in [3.63, 3.8) is 0 Å². The molecule has 0 radical (unpaired) electrons. The van der Waals surface area contributed by atoms with E-state index >= 15 is 0 Å². The van der Waals surface area contributed by atoms with Crippen LogP contribution in [-0.4, -0.2) is 85.8 Å². The Morgan fingerprint density at radius 2 is 1.62 bits per heavy atom. The Balaban J connectivity index is 1.76. The summed E-state index contributed by atoms with van der Waals surface area (Å²) in [6.45, 7) is 9.48. The summed E-state index contributed by atoms with van der Waals surface area (Å²) in [5, 5.41) is 0. The molecule has 0 aliphatic carbocycles. The van der Waals surface area contributed by atoms with E-state index in [1.807, 2.05) is 20.8 Å². The maximum atomic E-state index is 12.0. The second-order valence-corrected chi connectivity index (χ2v) is 8.72. The SMILES string of the molecule is CC(C)(C)OC(=O)N1CCN(C2CN(S(C)(=O)=O)C2)CC1. The monoisotopic (exact) mass is 319 g/mol. The molecule has 0 aromatic carbocycles. The Bertz CT molecular complexity index is 486. The largest absolute Gasteiger partial charge is 0.444 e. The second kappa shape index (κ2) is 5.73. The predicted octanol–water partition coefficient (Wildman–Crippen LogP) is 0.183. The van der Waals surface area contributed by atoms with E-state index in [2.05, 4.69) is 4.90 Å². The third-order valence-corrected chi connectivity index (χ3v) is 5.02. The smallest absolute Gasteiger partial charge is 0.410 e. The highest BCUT2D eigenvalue weighted by atomic mass is 32.2. The first-order valence-electron chi connectivity index (χ1n) is 7.23. The number of nitrogens with zero attached hydrogens (tertiary/aromatic N) is 3. The van der Waals surface area contributed by atoms with Gasteiger partial charge in [0.1, 0.15) is 5.60 Å². The quantitative estimate of drug-likeness (QED) is 0.726. The lowest BCUT2D eigenvalue weighted by Gasteiger charge is -2.46. The molecule has 0 atom stereocenters. The van der Waals surface area contributed by atoms with Gasteiger partial charge in [0.05, 0.1) is 6.26 Å². The van der Waals surface area contributed by atoms with Crippen molar-refractivity contribution in [2.24, 2.45) is 0 Å². The van der Waals surface area contributed by atoms with Crippen LogP contribution in [0, 0.1) is 0 Å². The number of piperazine rings is 1. The molecule has 122 valence electrons. The van der Waals surface area contributed by atoms with Gasteiger partial charge in [0.25, 0.3) is 0 Å². The first-order chi connectivity index (χ1) is 9.56. The van der Waals surface area contributed by atoms with Crippen molar-refractivity contribution in [1.82, 2.24) is 14.1 Å². The number of carbonyl (C=O) groups is 1. The minimum Gasteiger partial charge on any atom is -0.444 e. The topological polar surface area (TPSA) is 70.2 Å². The highest BCUT2D eigenvalue weighted by Crippen LogP contribution is 2.20. The minimum atomic E-state index is -3.06. The fourth-order valence-electron chi connectivity index (χ4n) is 2.51. The summed E-state index contributed by atoms with van der Waals surface area (Å²) in [6, 6.07) is 0.278. The fraction of sp³-hybridized carbons (Fsp3) is 0.923. The number of hydrogen-bond donors (Lipinski definition) is 0. The fourth-order valence-corrected chi connectivity index (χ4v) is 3.40. The van der Waals surface area contributed by atoms with Crippen LogP contribution in [0.3, 0.4) is 0 Å². The molecular formula is C13H25N3O4S. The van der Waals surface area contributed by atoms with Gasteiger partial charge < -0.3 is 9.64 Å². The van der Waals surface area contributed by atoms with Gasteiger partial charge in [-0.3, -0.25) is 4.90 Å². The number of hydrogen-bond acceptors (Lipinski definition) is 5. The average Bonchev–Trinajstić information content (AvgIpc) is 2.23. The van der Waals surface area contributed by atoms with Crippen molar-refractivity contribution >= 4 is 16.1 Å². The highest BCUT2D eigenvalue weighted by molar-refractivity contribution is 7.88. The predicted molar refractivity (Wildman–Crippen MR) is 79.6 cm³/mol. The zero-order chi connectivity index (χ0) is 15.8. The molecule has 0 aromatic heterocycles. The third-order valence-electron chi connectivity index (χ3n) is 3.78. The molecule has 0 aromatic rings. The lowest BCUT2D eigenvalue weighted by molar-refractivity contribution is 0.00103. The second-order valence-electron chi connectivity index (χ2n) is 6.74. The van der Waals surface area contributed by atoms with E-state index in [-0.39, 0.29) is 12.1 Å². The molecule has 0 spiro atoms. The molecule has 7 nitrogen and oxygen atoms in total. The molecule has 2 heterocycles. The number of carbonyl (C=O) groups excluding carboxylic acids is 1. The maximum Gasteiger partial charge on any atom is 0.410 e. The zero-order valence-electron chi connectivity index (χ0n) is 13.2. The number of rotatable bonds is 2. The van der Waals surface area contributed by atoms with Gasteiger partial charge in [-0.1, -0.05) is 0 Å². The molecule has 2 aliphatic rings. The summed E-state index contributed by atoms with van der Waals surface area (Å²) in [6.07, 6.45) is 0.970. The van der Waals surface area contributed by atoms with Gasteiger partial charge in [-0.25, -0.2) is 13.2 Å². The number of amides is 1. The summed E-state index contributed by atoms with van der Waals surface area (Å²) in [5.74, 6) is 0. The Kier molecular flexibility index (Phi) is 4.51. The lowest BCUT2D eigenvalue weighted by atomic mass is 10.1. The Morgan fingerprint density at radius 1 is 1.10 bits per heavy atom. The number of sulfonamides is 1. The van der Waals surface area contributed by atoms with Crippen molar-refractivity contribution in [3.05, 3.63) is 0 Å². The lowest BCUT2D eigenvalue weighted by Crippen LogP contribution is -2.64. The van der Waals surface area contributed by atoms with Gasteiger partial charge in [-0.05, 0) is 20.8 Å². The van der Waals surface area contributed by atoms with E-state index in [9.17, 15) is 13.2 Å². The van der Waals surface area contributed by atoms with Crippen LogP contribution in [0.5, 0.6) is 0 Å². The Labute approximate surface area is 126 Å². The Hall–Kier alpha value is -0.860. The molecule has 1 amide bonds. The van der Waals surface area contributed by atoms with Crippen LogP contribution in [0.15, 0.2) is 0 Å². The van der Waals surface area contributed by atoms with Crippen LogP contribution in [0.1, 0.15) is 20.8 Å². The molecule has 8 heteroatoms. The van der Waals surface area contributed by atoms with E-state index < -0.39 is 15.6 Å². The number of ether oxygens (including phenoxy) is 1. The summed E-state index contributed by atoms with van der Waals surface area (Å²) in [4.78, 5) is 15.9. The van der Waals surface area contributed by atoms with E-state index in [1.165, 1.54) is 10.6 Å². The highest BCUT2D eigenvalue weighted by Gasteiger charge is 2.38. The normalized spacial score (nSPS) is 23.0. The summed E-state index contributed by atoms with van der Waals surface area (Å²) in [7, 11) is -3.06. The average molecular weight is 319 g/mol. The first-order valence-corrected chi connectivity index (χ1v) is 9.08. The van der Waals surface area contributed by atoms with Crippen LogP contribution in [0.2, 0.25) is 0 Å². The molecule has 0 unspecified atom stereocenters. The molecule has 2 saturated heterocycles. The van der Waals surface area contributed by atoms with Gasteiger partial charge in [-0.15, -0.1) is 0 Å². The van der Waals surface area contributed by atoms with Crippen LogP contribution >= 0.6 is 0 Å². The Morgan fingerprint density at radius 3 is 2.05 bits per heavy atom. The molecule has 2 rings (SSSR count). The van der Waals surface area contributed by atoms with Gasteiger partial charge in [0.2, 0.25) is 10.0 Å². The van der Waals surface area contributed by atoms with Crippen LogP contribution in [0.25, 0.3) is 0 Å². The van der Waals surface area contributed by atoms with Gasteiger partial charge >= 0.3 is 6.09 Å². The molecular weight excluding hydrogens is 294 g/mol. The third kappa shape index (κ3) is 4.31. The standard InChI is InChI=1S/C13H25N3O4S/c1-13(2,3)20-12(17)15-7-5-14(6-8-15)11-9-16(10-11)21(4,18)19/h11H,5-10H2,1-4H3. The summed E-state index contributed by atoms with van der Waals surface area (Å²) in [5.41, 5.74) is -0.474. The molecule has 0 bridgehead atoms. The van der Waals surface area contributed by atoms with E-state index in [0.717, 1.165) is 13.1 Å². The first kappa shape index (κ1) is 16.5. The van der Waals surface area contributed by atoms with Crippen LogP contribution < -0.4 is 0 Å². The zero-order valence-corrected chi connectivity index (χ0v) is 14.0. The summed E-state index contributed by atoms with van der Waals surface area (Å²) < 4.78 is 29.5. The molecule has 2 aliphatic heterocycles. The summed E-state index contributed by atoms with van der Waals surface area (Å²) >= 11 is 0. The molecule has 0 N–H and O–H groups in total. The van der Waals surface area contributed by atoms with E-state index in [4.69, 9.17) is 4.74 Å². The van der Waals surface area contributed by atoms with Crippen molar-refractivity contribution < 1.29 is 17.9 Å². The molecule has 21 heavy (non-hydrogen) atoms. The van der Waals surface area contributed by atoms with Crippen molar-refractivity contribution in [2.75, 3.05) is 45.5 Å². The molecule has 0 saturated carbocycles. The van der Waals surface area contributed by atoms with Crippen molar-refractivity contribution in [3.8, 4) is 0 Å². The van der Waals surface area contributed by atoms with Gasteiger partial charge in [0, 0.05) is 45.3 Å². The van der Waals surface area contributed by atoms with Gasteiger partial charge in [0.15, 0.2) is 0 Å². The maximum absolute atomic E-state index is 12.0. The van der Waals surface area contributed by atoms with Crippen molar-refractivity contribution in [1.29, 1.82) is 0 Å². The van der Waals surface area contributed by atoms with Crippen molar-refractivity contribution in [2.45, 2.75) is 32.4 Å². The van der Waals surface area contributed by atoms with E-state index in [0.29, 0.717) is 26.2 Å². The van der Waals surface area contributed by atoms with Gasteiger partial charge in [-0.2, -0.15) is 4.31 Å². The van der Waals surface area contributed by atoms with E-state index in [1.54, 1.807) is 4.90 Å².